The van der Waals surface area contributed by atoms with Gasteiger partial charge in [0.05, 0.1) is 12.0 Å². The van der Waals surface area contributed by atoms with Crippen LogP contribution in [0.25, 0.3) is 0 Å². The lowest BCUT2D eigenvalue weighted by atomic mass is 9.90. The van der Waals surface area contributed by atoms with Crippen molar-refractivity contribution in [3.05, 3.63) is 0 Å². The van der Waals surface area contributed by atoms with Crippen LogP contribution < -0.4 is 5.32 Å². The van der Waals surface area contributed by atoms with E-state index < -0.39 is 12.0 Å². The average molecular weight is 212 g/mol. The maximum atomic E-state index is 11.7. The fourth-order valence-electron chi connectivity index (χ4n) is 1.40. The largest absolute Gasteiger partial charge is 0.346 e. The molecule has 0 heterocycles. The van der Waals surface area contributed by atoms with Gasteiger partial charge in [0.2, 0.25) is 5.91 Å². The quantitative estimate of drug-likeness (QED) is 0.676. The van der Waals surface area contributed by atoms with Crippen molar-refractivity contribution in [3.63, 3.8) is 0 Å². The van der Waals surface area contributed by atoms with Crippen molar-refractivity contribution in [1.82, 2.24) is 5.32 Å². The number of ketones is 1. The standard InChI is InChI=1S/C11H20N2O2/c1-6(2)10(7(3)12)11(15)13-8(4)9(5)14/h6,8,10,12H,1-5H3,(H,13,15). The van der Waals surface area contributed by atoms with E-state index in [1.165, 1.54) is 6.92 Å². The highest BCUT2D eigenvalue weighted by Crippen LogP contribution is 2.12. The molecule has 1 amide bonds. The molecule has 86 valence electrons. The normalized spacial score (nSPS) is 14.5. The Morgan fingerprint density at radius 3 is 1.87 bits per heavy atom. The molecule has 0 aliphatic heterocycles. The van der Waals surface area contributed by atoms with Gasteiger partial charge in [-0.1, -0.05) is 13.8 Å². The summed E-state index contributed by atoms with van der Waals surface area (Å²) >= 11 is 0. The summed E-state index contributed by atoms with van der Waals surface area (Å²) in [5.41, 5.74) is 0.332. The van der Waals surface area contributed by atoms with Gasteiger partial charge in [-0.2, -0.15) is 0 Å². The van der Waals surface area contributed by atoms with Crippen molar-refractivity contribution in [2.24, 2.45) is 11.8 Å². The Kier molecular flexibility index (Phi) is 5.19. The highest BCUT2D eigenvalue weighted by Gasteiger charge is 2.25. The summed E-state index contributed by atoms with van der Waals surface area (Å²) in [5.74, 6) is -0.679. The number of amides is 1. The van der Waals surface area contributed by atoms with E-state index >= 15 is 0 Å². The van der Waals surface area contributed by atoms with Gasteiger partial charge in [0.15, 0.2) is 5.78 Å². The Morgan fingerprint density at radius 1 is 1.13 bits per heavy atom. The van der Waals surface area contributed by atoms with Crippen LogP contribution in [0.5, 0.6) is 0 Å². The monoisotopic (exact) mass is 212 g/mol. The lowest BCUT2D eigenvalue weighted by Gasteiger charge is -2.21. The molecule has 4 heteroatoms. The van der Waals surface area contributed by atoms with Gasteiger partial charge in [-0.05, 0) is 26.7 Å². The Labute approximate surface area is 90.9 Å². The number of nitrogens with one attached hydrogen (secondary N) is 2. The number of hydrogen-bond donors (Lipinski definition) is 2. The summed E-state index contributed by atoms with van der Waals surface area (Å²) in [4.78, 5) is 22.7. The summed E-state index contributed by atoms with van der Waals surface area (Å²) in [7, 11) is 0. The predicted molar refractivity (Wildman–Crippen MR) is 60.0 cm³/mol. The molecule has 0 saturated carbocycles. The Morgan fingerprint density at radius 2 is 1.60 bits per heavy atom. The predicted octanol–water partition coefficient (Wildman–Crippen LogP) is 1.39. The van der Waals surface area contributed by atoms with Gasteiger partial charge in [-0.3, -0.25) is 9.59 Å². The van der Waals surface area contributed by atoms with Crippen molar-refractivity contribution in [1.29, 1.82) is 5.41 Å². The molecular weight excluding hydrogens is 192 g/mol. The highest BCUT2D eigenvalue weighted by molar-refractivity contribution is 6.03. The maximum Gasteiger partial charge on any atom is 0.229 e. The zero-order chi connectivity index (χ0) is 12.2. The molecular formula is C11H20N2O2. The van der Waals surface area contributed by atoms with Crippen LogP contribution in [0, 0.1) is 17.2 Å². The van der Waals surface area contributed by atoms with E-state index in [0.29, 0.717) is 5.71 Å². The first-order valence-electron chi connectivity index (χ1n) is 5.13. The smallest absolute Gasteiger partial charge is 0.229 e. The van der Waals surface area contributed by atoms with Crippen LogP contribution in [-0.4, -0.2) is 23.4 Å². The van der Waals surface area contributed by atoms with E-state index in [1.807, 2.05) is 13.8 Å². The molecule has 4 nitrogen and oxygen atoms in total. The third-order valence-corrected chi connectivity index (χ3v) is 2.38. The summed E-state index contributed by atoms with van der Waals surface area (Å²) < 4.78 is 0. The van der Waals surface area contributed by atoms with Crippen LogP contribution in [0.2, 0.25) is 0 Å². The van der Waals surface area contributed by atoms with Crippen LogP contribution >= 0.6 is 0 Å². The van der Waals surface area contributed by atoms with E-state index in [4.69, 9.17) is 5.41 Å². The first-order valence-corrected chi connectivity index (χ1v) is 5.13. The number of carbonyl (C=O) groups is 2. The fraction of sp³-hybridized carbons (Fsp3) is 0.727. The van der Waals surface area contributed by atoms with Gasteiger partial charge in [0, 0.05) is 5.71 Å². The first-order chi connectivity index (χ1) is 6.77. The summed E-state index contributed by atoms with van der Waals surface area (Å²) in [6.45, 7) is 8.48. The second-order valence-corrected chi connectivity index (χ2v) is 4.25. The molecule has 0 fully saturated rings. The van der Waals surface area contributed by atoms with Crippen LogP contribution in [0.4, 0.5) is 0 Å². The second-order valence-electron chi connectivity index (χ2n) is 4.25. The summed E-state index contributed by atoms with van der Waals surface area (Å²) in [5, 5.41) is 10.1. The third-order valence-electron chi connectivity index (χ3n) is 2.38. The number of Topliss-reactive ketones (excluding diaryl/α,β-unsaturated/α-hetero) is 1. The van der Waals surface area contributed by atoms with Gasteiger partial charge in [0.1, 0.15) is 0 Å². The van der Waals surface area contributed by atoms with Crippen LogP contribution in [0.15, 0.2) is 0 Å². The molecule has 0 aliphatic rings. The molecule has 15 heavy (non-hydrogen) atoms. The molecule has 0 aromatic rings. The molecule has 0 aromatic carbocycles. The topological polar surface area (TPSA) is 70.0 Å². The van der Waals surface area contributed by atoms with Gasteiger partial charge < -0.3 is 10.7 Å². The van der Waals surface area contributed by atoms with Crippen molar-refractivity contribution in [3.8, 4) is 0 Å². The molecule has 0 radical (unpaired) electrons. The minimum absolute atomic E-state index is 0.0710. The maximum absolute atomic E-state index is 11.7. The molecule has 0 bridgehead atoms. The molecule has 0 aliphatic carbocycles. The molecule has 0 saturated heterocycles. The van der Waals surface area contributed by atoms with Crippen molar-refractivity contribution >= 4 is 17.4 Å². The fourth-order valence-corrected chi connectivity index (χ4v) is 1.40. The minimum Gasteiger partial charge on any atom is -0.346 e. The van der Waals surface area contributed by atoms with Crippen molar-refractivity contribution < 1.29 is 9.59 Å². The minimum atomic E-state index is -0.474. The SMILES string of the molecule is CC(=N)C(C(=O)NC(C)C(C)=O)C(C)C. The van der Waals surface area contributed by atoms with Crippen LogP contribution in [-0.2, 0) is 9.59 Å². The summed E-state index contributed by atoms with van der Waals surface area (Å²) in [6, 6.07) is -0.474. The van der Waals surface area contributed by atoms with Crippen LogP contribution in [0.1, 0.15) is 34.6 Å². The lowest BCUT2D eigenvalue weighted by Crippen LogP contribution is -2.44. The molecule has 2 atom stereocenters. The zero-order valence-electron chi connectivity index (χ0n) is 10.0. The molecule has 2 N–H and O–H groups in total. The van der Waals surface area contributed by atoms with Gasteiger partial charge in [-0.15, -0.1) is 0 Å². The van der Waals surface area contributed by atoms with Crippen molar-refractivity contribution in [2.75, 3.05) is 0 Å². The zero-order valence-corrected chi connectivity index (χ0v) is 10.0. The summed E-state index contributed by atoms with van der Waals surface area (Å²) in [6.07, 6.45) is 0. The Balaban J connectivity index is 4.53. The van der Waals surface area contributed by atoms with Crippen molar-refractivity contribution in [2.45, 2.75) is 40.7 Å². The van der Waals surface area contributed by atoms with Crippen LogP contribution in [0.3, 0.4) is 0 Å². The van der Waals surface area contributed by atoms with Gasteiger partial charge >= 0.3 is 0 Å². The first kappa shape index (κ1) is 13.8. The number of hydrogen-bond acceptors (Lipinski definition) is 3. The highest BCUT2D eigenvalue weighted by atomic mass is 16.2. The molecule has 0 aromatic heterocycles. The van der Waals surface area contributed by atoms with E-state index in [0.717, 1.165) is 0 Å². The Bertz CT molecular complexity index is 272. The number of carbonyl (C=O) groups excluding carboxylic acids is 2. The second kappa shape index (κ2) is 5.63. The Hall–Kier alpha value is -1.19. The van der Waals surface area contributed by atoms with E-state index in [1.54, 1.807) is 13.8 Å². The lowest BCUT2D eigenvalue weighted by molar-refractivity contribution is -0.128. The number of rotatable bonds is 5. The average Bonchev–Trinajstić information content (AvgIpc) is 2.01. The molecule has 0 spiro atoms. The van der Waals surface area contributed by atoms with Gasteiger partial charge in [0.25, 0.3) is 0 Å². The third kappa shape index (κ3) is 4.23. The molecule has 0 rings (SSSR count). The van der Waals surface area contributed by atoms with E-state index in [2.05, 4.69) is 5.32 Å². The van der Waals surface area contributed by atoms with E-state index in [-0.39, 0.29) is 17.6 Å². The van der Waals surface area contributed by atoms with Gasteiger partial charge in [-0.25, -0.2) is 0 Å². The van der Waals surface area contributed by atoms with E-state index in [9.17, 15) is 9.59 Å². The molecule has 2 unspecified atom stereocenters.